The molecule has 1 aromatic heterocycles. The van der Waals surface area contributed by atoms with Gasteiger partial charge in [0.25, 0.3) is 0 Å². The molecule has 60 valence electrons. The first-order valence-corrected chi connectivity index (χ1v) is 4.73. The zero-order chi connectivity index (χ0) is 8.27. The second-order valence-corrected chi connectivity index (χ2v) is 4.44. The maximum atomic E-state index is 5.84. The van der Waals surface area contributed by atoms with Gasteiger partial charge in [-0.15, -0.1) is 11.8 Å². The minimum Gasteiger partial charge on any atom is -0.243 e. The summed E-state index contributed by atoms with van der Waals surface area (Å²) in [4.78, 5) is 5.04. The smallest absolute Gasteiger partial charge is 0.142 e. The van der Waals surface area contributed by atoms with Gasteiger partial charge in [-0.05, 0) is 12.1 Å². The third-order valence-corrected chi connectivity index (χ3v) is 2.56. The van der Waals surface area contributed by atoms with E-state index < -0.39 is 0 Å². The molecule has 1 rings (SSSR count). The molecule has 11 heavy (non-hydrogen) atoms. The summed E-state index contributed by atoms with van der Waals surface area (Å²) in [5, 5.41) is 1.16. The van der Waals surface area contributed by atoms with Crippen LogP contribution in [0.1, 0.15) is 13.8 Å². The molecule has 0 saturated heterocycles. The van der Waals surface area contributed by atoms with E-state index in [0.717, 1.165) is 4.90 Å². The van der Waals surface area contributed by atoms with Crippen molar-refractivity contribution in [3.8, 4) is 0 Å². The largest absolute Gasteiger partial charge is 0.243 e. The summed E-state index contributed by atoms with van der Waals surface area (Å²) in [7, 11) is 0. The molecule has 0 aliphatic carbocycles. The molecule has 1 aromatic rings. The highest BCUT2D eigenvalue weighted by molar-refractivity contribution is 8.00. The minimum atomic E-state index is 0.552. The fraction of sp³-hybridized carbons (Fsp3) is 0.375. The van der Waals surface area contributed by atoms with Crippen molar-refractivity contribution >= 4 is 23.4 Å². The van der Waals surface area contributed by atoms with Crippen LogP contribution in [0.2, 0.25) is 5.15 Å². The van der Waals surface area contributed by atoms with Gasteiger partial charge < -0.3 is 0 Å². The van der Waals surface area contributed by atoms with Crippen molar-refractivity contribution in [1.29, 1.82) is 0 Å². The van der Waals surface area contributed by atoms with Crippen LogP contribution in [0.4, 0.5) is 0 Å². The summed E-state index contributed by atoms with van der Waals surface area (Å²) in [5.41, 5.74) is 0. The second kappa shape index (κ2) is 3.98. The van der Waals surface area contributed by atoms with Gasteiger partial charge in [-0.25, -0.2) is 4.98 Å². The fourth-order valence-corrected chi connectivity index (χ4v) is 1.78. The highest BCUT2D eigenvalue weighted by atomic mass is 35.5. The van der Waals surface area contributed by atoms with Crippen LogP contribution in [0.15, 0.2) is 23.2 Å². The highest BCUT2D eigenvalue weighted by Gasteiger charge is 2.02. The maximum absolute atomic E-state index is 5.84. The van der Waals surface area contributed by atoms with Crippen LogP contribution in [0.3, 0.4) is 0 Å². The SMILES string of the molecule is CC(C)Sc1cccnc1Cl. The Kier molecular flexibility index (Phi) is 3.21. The van der Waals surface area contributed by atoms with Gasteiger partial charge in [0.15, 0.2) is 0 Å². The molecule has 3 heteroatoms. The van der Waals surface area contributed by atoms with Crippen LogP contribution < -0.4 is 0 Å². The third kappa shape index (κ3) is 2.72. The number of aromatic nitrogens is 1. The van der Waals surface area contributed by atoms with E-state index in [1.54, 1.807) is 18.0 Å². The quantitative estimate of drug-likeness (QED) is 0.521. The Bertz CT molecular complexity index is 237. The van der Waals surface area contributed by atoms with Gasteiger partial charge in [-0.1, -0.05) is 25.4 Å². The molecule has 0 amide bonds. The van der Waals surface area contributed by atoms with Crippen molar-refractivity contribution in [2.75, 3.05) is 0 Å². The molecule has 0 aliphatic heterocycles. The first kappa shape index (κ1) is 8.88. The molecule has 0 N–H and O–H groups in total. The first-order valence-electron chi connectivity index (χ1n) is 3.47. The van der Waals surface area contributed by atoms with Gasteiger partial charge in [0.2, 0.25) is 0 Å². The third-order valence-electron chi connectivity index (χ3n) is 1.09. The predicted molar refractivity (Wildman–Crippen MR) is 50.2 cm³/mol. The number of halogens is 1. The number of thioether (sulfide) groups is 1. The lowest BCUT2D eigenvalue weighted by Gasteiger charge is -2.04. The Balaban J connectivity index is 2.78. The molecule has 1 heterocycles. The zero-order valence-electron chi connectivity index (χ0n) is 6.54. The Morgan fingerprint density at radius 3 is 2.82 bits per heavy atom. The lowest BCUT2D eigenvalue weighted by Crippen LogP contribution is -1.87. The second-order valence-electron chi connectivity index (χ2n) is 2.46. The van der Waals surface area contributed by atoms with E-state index in [1.807, 2.05) is 12.1 Å². The lowest BCUT2D eigenvalue weighted by molar-refractivity contribution is 1.10. The van der Waals surface area contributed by atoms with Gasteiger partial charge >= 0.3 is 0 Å². The summed E-state index contributed by atoms with van der Waals surface area (Å²) in [6, 6.07) is 3.89. The maximum Gasteiger partial charge on any atom is 0.142 e. The number of pyridine rings is 1. The fourth-order valence-electron chi connectivity index (χ4n) is 0.713. The average molecular weight is 188 g/mol. The molecule has 0 aromatic carbocycles. The van der Waals surface area contributed by atoms with E-state index in [-0.39, 0.29) is 0 Å². The first-order chi connectivity index (χ1) is 5.20. The molecule has 0 bridgehead atoms. The van der Waals surface area contributed by atoms with Gasteiger partial charge in [-0.2, -0.15) is 0 Å². The van der Waals surface area contributed by atoms with E-state index in [0.29, 0.717) is 10.4 Å². The molecule has 0 saturated carbocycles. The van der Waals surface area contributed by atoms with Gasteiger partial charge in [0.05, 0.1) is 0 Å². The van der Waals surface area contributed by atoms with E-state index >= 15 is 0 Å². The molecular weight excluding hydrogens is 178 g/mol. The van der Waals surface area contributed by atoms with Crippen LogP contribution in [-0.4, -0.2) is 10.2 Å². The highest BCUT2D eigenvalue weighted by Crippen LogP contribution is 2.27. The van der Waals surface area contributed by atoms with Crippen LogP contribution in [0.5, 0.6) is 0 Å². The van der Waals surface area contributed by atoms with E-state index in [9.17, 15) is 0 Å². The predicted octanol–water partition coefficient (Wildman–Crippen LogP) is 3.24. The van der Waals surface area contributed by atoms with Crippen molar-refractivity contribution in [1.82, 2.24) is 4.98 Å². The monoisotopic (exact) mass is 187 g/mol. The van der Waals surface area contributed by atoms with E-state index in [4.69, 9.17) is 11.6 Å². The summed E-state index contributed by atoms with van der Waals surface area (Å²) in [6.07, 6.45) is 1.70. The van der Waals surface area contributed by atoms with Crippen molar-refractivity contribution in [3.05, 3.63) is 23.5 Å². The summed E-state index contributed by atoms with van der Waals surface area (Å²) in [5.74, 6) is 0. The number of nitrogens with zero attached hydrogens (tertiary/aromatic N) is 1. The molecule has 1 nitrogen and oxygen atoms in total. The Morgan fingerprint density at radius 2 is 2.27 bits per heavy atom. The molecule has 0 spiro atoms. The minimum absolute atomic E-state index is 0.552. The molecule has 0 unspecified atom stereocenters. The van der Waals surface area contributed by atoms with Crippen LogP contribution in [0, 0.1) is 0 Å². The van der Waals surface area contributed by atoms with Crippen molar-refractivity contribution in [3.63, 3.8) is 0 Å². The Labute approximate surface area is 76.2 Å². The topological polar surface area (TPSA) is 12.9 Å². The van der Waals surface area contributed by atoms with Gasteiger partial charge in [-0.3, -0.25) is 0 Å². The van der Waals surface area contributed by atoms with Crippen LogP contribution in [-0.2, 0) is 0 Å². The van der Waals surface area contributed by atoms with E-state index in [2.05, 4.69) is 18.8 Å². The zero-order valence-corrected chi connectivity index (χ0v) is 8.12. The van der Waals surface area contributed by atoms with Gasteiger partial charge in [0.1, 0.15) is 5.15 Å². The molecular formula is C8H10ClNS. The lowest BCUT2D eigenvalue weighted by atomic mass is 10.5. The van der Waals surface area contributed by atoms with E-state index in [1.165, 1.54) is 0 Å². The number of hydrogen-bond acceptors (Lipinski definition) is 2. The Morgan fingerprint density at radius 1 is 1.55 bits per heavy atom. The van der Waals surface area contributed by atoms with Crippen molar-refractivity contribution < 1.29 is 0 Å². The van der Waals surface area contributed by atoms with Crippen LogP contribution in [0.25, 0.3) is 0 Å². The van der Waals surface area contributed by atoms with Crippen LogP contribution >= 0.6 is 23.4 Å². The van der Waals surface area contributed by atoms with Crippen molar-refractivity contribution in [2.45, 2.75) is 24.0 Å². The standard InChI is InChI=1S/C8H10ClNS/c1-6(2)11-7-4-3-5-10-8(7)9/h3-6H,1-2H3. The number of hydrogen-bond donors (Lipinski definition) is 0. The van der Waals surface area contributed by atoms with Gasteiger partial charge in [0, 0.05) is 16.3 Å². The molecule has 0 radical (unpaired) electrons. The molecule has 0 aliphatic rings. The number of rotatable bonds is 2. The normalized spacial score (nSPS) is 10.5. The summed E-state index contributed by atoms with van der Waals surface area (Å²) < 4.78 is 0. The Hall–Kier alpha value is -0.210. The molecule has 0 fully saturated rings. The summed E-state index contributed by atoms with van der Waals surface area (Å²) >= 11 is 7.57. The molecule has 0 atom stereocenters. The summed E-state index contributed by atoms with van der Waals surface area (Å²) in [6.45, 7) is 4.27. The average Bonchev–Trinajstić information content (AvgIpc) is 1.93. The van der Waals surface area contributed by atoms with Crippen molar-refractivity contribution in [2.24, 2.45) is 0 Å².